The lowest BCUT2D eigenvalue weighted by Crippen LogP contribution is -2.30. The third-order valence-corrected chi connectivity index (χ3v) is 6.02. The van der Waals surface area contributed by atoms with Crippen molar-refractivity contribution in [2.24, 2.45) is 0 Å². The van der Waals surface area contributed by atoms with E-state index in [0.29, 0.717) is 17.1 Å². The summed E-state index contributed by atoms with van der Waals surface area (Å²) in [6.07, 6.45) is 5.17. The van der Waals surface area contributed by atoms with E-state index in [-0.39, 0.29) is 5.25 Å². The SMILES string of the molecule is O=Cc1cnc(CC2CCCCS2(=O)=O)s1. The average Bonchev–Trinajstić information content (AvgIpc) is 2.69. The second-order valence-corrected chi connectivity index (χ2v) is 7.51. The Labute approximate surface area is 98.6 Å². The van der Waals surface area contributed by atoms with E-state index in [1.54, 1.807) is 0 Å². The van der Waals surface area contributed by atoms with Crippen LogP contribution in [0.25, 0.3) is 0 Å². The van der Waals surface area contributed by atoms with Gasteiger partial charge in [-0.1, -0.05) is 6.42 Å². The molecule has 0 bridgehead atoms. The topological polar surface area (TPSA) is 64.1 Å². The van der Waals surface area contributed by atoms with Crippen LogP contribution in [0.3, 0.4) is 0 Å². The highest BCUT2D eigenvalue weighted by atomic mass is 32.2. The van der Waals surface area contributed by atoms with Crippen molar-refractivity contribution < 1.29 is 13.2 Å². The molecule has 0 aliphatic carbocycles. The van der Waals surface area contributed by atoms with Crippen LogP contribution >= 0.6 is 11.3 Å². The van der Waals surface area contributed by atoms with Gasteiger partial charge < -0.3 is 0 Å². The van der Waals surface area contributed by atoms with Crippen molar-refractivity contribution in [3.05, 3.63) is 16.1 Å². The molecule has 16 heavy (non-hydrogen) atoms. The van der Waals surface area contributed by atoms with Crippen LogP contribution in [0.4, 0.5) is 0 Å². The summed E-state index contributed by atoms with van der Waals surface area (Å²) in [7, 11) is -2.94. The third-order valence-electron chi connectivity index (χ3n) is 2.80. The average molecular weight is 259 g/mol. The summed E-state index contributed by atoms with van der Waals surface area (Å²) in [6, 6.07) is 0. The smallest absolute Gasteiger partial charge is 0.161 e. The number of carbonyl (C=O) groups excluding carboxylic acids is 1. The van der Waals surface area contributed by atoms with E-state index in [1.807, 2.05) is 0 Å². The lowest BCUT2D eigenvalue weighted by Gasteiger charge is -2.20. The Hall–Kier alpha value is -0.750. The van der Waals surface area contributed by atoms with Crippen LogP contribution in [-0.2, 0) is 16.3 Å². The van der Waals surface area contributed by atoms with Crippen LogP contribution in [0, 0.1) is 0 Å². The molecule has 4 nitrogen and oxygen atoms in total. The highest BCUT2D eigenvalue weighted by molar-refractivity contribution is 7.92. The second kappa shape index (κ2) is 4.63. The number of aldehydes is 1. The molecule has 0 spiro atoms. The number of sulfone groups is 1. The first-order valence-electron chi connectivity index (χ1n) is 5.23. The second-order valence-electron chi connectivity index (χ2n) is 3.96. The highest BCUT2D eigenvalue weighted by Gasteiger charge is 2.29. The Morgan fingerprint density at radius 2 is 2.31 bits per heavy atom. The minimum Gasteiger partial charge on any atom is -0.297 e. The Morgan fingerprint density at radius 1 is 1.50 bits per heavy atom. The maximum atomic E-state index is 11.8. The van der Waals surface area contributed by atoms with Crippen molar-refractivity contribution in [1.82, 2.24) is 4.98 Å². The fraction of sp³-hybridized carbons (Fsp3) is 0.600. The first-order chi connectivity index (χ1) is 7.62. The summed E-state index contributed by atoms with van der Waals surface area (Å²) in [4.78, 5) is 15.1. The van der Waals surface area contributed by atoms with Crippen molar-refractivity contribution in [1.29, 1.82) is 0 Å². The summed E-state index contributed by atoms with van der Waals surface area (Å²) in [5.41, 5.74) is 0. The van der Waals surface area contributed by atoms with Gasteiger partial charge in [0.1, 0.15) is 0 Å². The fourth-order valence-corrected chi connectivity index (χ4v) is 4.72. The summed E-state index contributed by atoms with van der Waals surface area (Å²) >= 11 is 1.28. The van der Waals surface area contributed by atoms with Gasteiger partial charge in [-0.25, -0.2) is 13.4 Å². The van der Waals surface area contributed by atoms with Gasteiger partial charge in [-0.2, -0.15) is 0 Å². The zero-order valence-corrected chi connectivity index (χ0v) is 10.4. The summed E-state index contributed by atoms with van der Waals surface area (Å²) in [5.74, 6) is 0.295. The molecule has 0 amide bonds. The number of rotatable bonds is 3. The van der Waals surface area contributed by atoms with Crippen LogP contribution in [0.5, 0.6) is 0 Å². The number of thiazole rings is 1. The lowest BCUT2D eigenvalue weighted by molar-refractivity contribution is 0.112. The third kappa shape index (κ3) is 2.49. The van der Waals surface area contributed by atoms with Crippen molar-refractivity contribution in [2.45, 2.75) is 30.9 Å². The molecular weight excluding hydrogens is 246 g/mol. The monoisotopic (exact) mass is 259 g/mol. The Balaban J connectivity index is 2.11. The highest BCUT2D eigenvalue weighted by Crippen LogP contribution is 2.24. The standard InChI is InChI=1S/C10H13NO3S2/c12-7-8-6-11-10(15-8)5-9-3-1-2-4-16(9,13)14/h6-7,9H,1-5H2. The Bertz CT molecular complexity index is 478. The number of nitrogens with zero attached hydrogens (tertiary/aromatic N) is 1. The molecule has 6 heteroatoms. The van der Waals surface area contributed by atoms with Crippen LogP contribution < -0.4 is 0 Å². The number of carbonyl (C=O) groups is 1. The van der Waals surface area contributed by atoms with Gasteiger partial charge in [0.05, 0.1) is 20.9 Å². The number of hydrogen-bond donors (Lipinski definition) is 0. The fourth-order valence-electron chi connectivity index (χ4n) is 1.92. The van der Waals surface area contributed by atoms with Gasteiger partial charge in [0.2, 0.25) is 0 Å². The molecule has 1 aliphatic rings. The first kappa shape index (κ1) is 11.7. The molecule has 1 fully saturated rings. The van der Waals surface area contributed by atoms with Crippen LogP contribution in [-0.4, -0.2) is 30.7 Å². The molecule has 88 valence electrons. The number of hydrogen-bond acceptors (Lipinski definition) is 5. The van der Waals surface area contributed by atoms with Crippen LogP contribution in [0.15, 0.2) is 6.20 Å². The van der Waals surface area contributed by atoms with Gasteiger partial charge in [-0.3, -0.25) is 4.79 Å². The summed E-state index contributed by atoms with van der Waals surface area (Å²) < 4.78 is 23.5. The van der Waals surface area contributed by atoms with E-state index in [0.717, 1.165) is 30.6 Å². The molecule has 2 heterocycles. The maximum absolute atomic E-state index is 11.8. The first-order valence-corrected chi connectivity index (χ1v) is 7.76. The molecule has 0 aromatic carbocycles. The zero-order valence-electron chi connectivity index (χ0n) is 8.76. The molecule has 1 aromatic heterocycles. The molecule has 0 N–H and O–H groups in total. The molecule has 0 radical (unpaired) electrons. The predicted molar refractivity (Wildman–Crippen MR) is 62.6 cm³/mol. The summed E-state index contributed by atoms with van der Waals surface area (Å²) in [6.45, 7) is 0. The van der Waals surface area contributed by atoms with Gasteiger partial charge >= 0.3 is 0 Å². The molecule has 1 aromatic rings. The normalized spacial score (nSPS) is 24.1. The van der Waals surface area contributed by atoms with Crippen molar-refractivity contribution in [2.75, 3.05) is 5.75 Å². The van der Waals surface area contributed by atoms with Crippen molar-refractivity contribution in [3.63, 3.8) is 0 Å². The van der Waals surface area contributed by atoms with E-state index in [9.17, 15) is 13.2 Å². The van der Waals surface area contributed by atoms with E-state index in [4.69, 9.17) is 0 Å². The van der Waals surface area contributed by atoms with E-state index in [2.05, 4.69) is 4.98 Å². The van der Waals surface area contributed by atoms with Gasteiger partial charge in [-0.05, 0) is 12.8 Å². The molecule has 1 unspecified atom stereocenters. The van der Waals surface area contributed by atoms with E-state index >= 15 is 0 Å². The van der Waals surface area contributed by atoms with Crippen molar-refractivity contribution >= 4 is 27.5 Å². The molecule has 1 atom stereocenters. The molecule has 1 aliphatic heterocycles. The molecule has 0 saturated carbocycles. The quantitative estimate of drug-likeness (QED) is 0.771. The van der Waals surface area contributed by atoms with Gasteiger partial charge in [0, 0.05) is 12.6 Å². The largest absolute Gasteiger partial charge is 0.297 e. The minimum absolute atomic E-state index is 0.295. The van der Waals surface area contributed by atoms with Gasteiger partial charge in [0.25, 0.3) is 0 Å². The van der Waals surface area contributed by atoms with Crippen LogP contribution in [0.2, 0.25) is 0 Å². The maximum Gasteiger partial charge on any atom is 0.161 e. The van der Waals surface area contributed by atoms with Gasteiger partial charge in [0.15, 0.2) is 16.1 Å². The van der Waals surface area contributed by atoms with Crippen LogP contribution in [0.1, 0.15) is 33.9 Å². The van der Waals surface area contributed by atoms with Crippen molar-refractivity contribution in [3.8, 4) is 0 Å². The summed E-state index contributed by atoms with van der Waals surface area (Å²) in [5, 5.41) is 0.449. The lowest BCUT2D eigenvalue weighted by atomic mass is 10.1. The molecular formula is C10H13NO3S2. The minimum atomic E-state index is -2.94. The van der Waals surface area contributed by atoms with E-state index in [1.165, 1.54) is 17.5 Å². The Morgan fingerprint density at radius 3 is 2.94 bits per heavy atom. The van der Waals surface area contributed by atoms with Gasteiger partial charge in [-0.15, -0.1) is 11.3 Å². The van der Waals surface area contributed by atoms with E-state index < -0.39 is 9.84 Å². The number of aromatic nitrogens is 1. The predicted octanol–water partition coefficient (Wildman–Crippen LogP) is 1.47. The zero-order chi connectivity index (χ0) is 11.6. The molecule has 1 saturated heterocycles. The Kier molecular flexibility index (Phi) is 3.39. The molecule has 2 rings (SSSR count).